The zero-order valence-electron chi connectivity index (χ0n) is 12.4. The van der Waals surface area contributed by atoms with Crippen LogP contribution in [0.2, 0.25) is 0 Å². The minimum atomic E-state index is 0.404. The summed E-state index contributed by atoms with van der Waals surface area (Å²) in [5.74, 6) is 0.404. The van der Waals surface area contributed by atoms with Gasteiger partial charge in [0.25, 0.3) is 0 Å². The Morgan fingerprint density at radius 3 is 1.80 bits per heavy atom. The number of nitrogens with zero attached hydrogens (tertiary/aromatic N) is 1. The fraction of sp³-hybridized carbons (Fsp3) is 0.263. The highest BCUT2D eigenvalue weighted by atomic mass is 15.1. The highest BCUT2D eigenvalue weighted by Gasteiger charge is 2.15. The highest BCUT2D eigenvalue weighted by molar-refractivity contribution is 5.32. The molecule has 0 atom stereocenters. The SMILES string of the molecule is C=C(C)CN(C)CC(c1ccccc1)c1ccccc1. The van der Waals surface area contributed by atoms with Crippen LogP contribution in [0.5, 0.6) is 0 Å². The summed E-state index contributed by atoms with van der Waals surface area (Å²) in [6, 6.07) is 21.5. The molecule has 2 aromatic carbocycles. The van der Waals surface area contributed by atoms with Crippen LogP contribution < -0.4 is 0 Å². The molecule has 0 unspecified atom stereocenters. The number of benzene rings is 2. The van der Waals surface area contributed by atoms with Gasteiger partial charge in [-0.05, 0) is 25.1 Å². The average Bonchev–Trinajstić information content (AvgIpc) is 2.46. The fourth-order valence-electron chi connectivity index (χ4n) is 2.61. The van der Waals surface area contributed by atoms with Gasteiger partial charge in [-0.2, -0.15) is 0 Å². The predicted molar refractivity (Wildman–Crippen MR) is 87.0 cm³/mol. The quantitative estimate of drug-likeness (QED) is 0.703. The van der Waals surface area contributed by atoms with E-state index in [1.165, 1.54) is 16.7 Å². The molecule has 0 heterocycles. The van der Waals surface area contributed by atoms with E-state index in [0.29, 0.717) is 5.92 Å². The molecule has 0 aliphatic rings. The zero-order chi connectivity index (χ0) is 14.4. The lowest BCUT2D eigenvalue weighted by atomic mass is 9.91. The summed E-state index contributed by atoms with van der Waals surface area (Å²) in [6.07, 6.45) is 0. The minimum absolute atomic E-state index is 0.404. The van der Waals surface area contributed by atoms with Crippen LogP contribution in [-0.2, 0) is 0 Å². The normalized spacial score (nSPS) is 11.0. The summed E-state index contributed by atoms with van der Waals surface area (Å²) in [7, 11) is 2.16. The standard InChI is InChI=1S/C19H23N/c1-16(2)14-20(3)15-19(17-10-6-4-7-11-17)18-12-8-5-9-13-18/h4-13,19H,1,14-15H2,2-3H3. The second-order valence-electron chi connectivity index (χ2n) is 5.53. The Kier molecular flexibility index (Phi) is 5.14. The van der Waals surface area contributed by atoms with E-state index in [1.54, 1.807) is 0 Å². The molecular weight excluding hydrogens is 242 g/mol. The number of rotatable bonds is 6. The first-order valence-corrected chi connectivity index (χ1v) is 7.09. The van der Waals surface area contributed by atoms with Crippen LogP contribution in [0.4, 0.5) is 0 Å². The van der Waals surface area contributed by atoms with Gasteiger partial charge in [0.1, 0.15) is 0 Å². The zero-order valence-corrected chi connectivity index (χ0v) is 12.4. The van der Waals surface area contributed by atoms with Gasteiger partial charge in [-0.1, -0.05) is 72.8 Å². The first-order valence-electron chi connectivity index (χ1n) is 7.09. The Morgan fingerprint density at radius 1 is 0.950 bits per heavy atom. The first kappa shape index (κ1) is 14.5. The van der Waals surface area contributed by atoms with E-state index in [1.807, 2.05) is 0 Å². The Hall–Kier alpha value is -1.86. The molecule has 2 rings (SSSR count). The Morgan fingerprint density at radius 2 is 1.40 bits per heavy atom. The topological polar surface area (TPSA) is 3.24 Å². The molecule has 0 radical (unpaired) electrons. The van der Waals surface area contributed by atoms with Crippen LogP contribution in [0.3, 0.4) is 0 Å². The van der Waals surface area contributed by atoms with Crippen LogP contribution in [0.15, 0.2) is 72.8 Å². The largest absolute Gasteiger partial charge is 0.302 e. The van der Waals surface area contributed by atoms with Gasteiger partial charge in [0, 0.05) is 19.0 Å². The van der Waals surface area contributed by atoms with Crippen LogP contribution in [-0.4, -0.2) is 25.0 Å². The molecule has 104 valence electrons. The fourth-order valence-corrected chi connectivity index (χ4v) is 2.61. The van der Waals surface area contributed by atoms with Gasteiger partial charge >= 0.3 is 0 Å². The molecule has 0 fully saturated rings. The van der Waals surface area contributed by atoms with E-state index < -0.39 is 0 Å². The van der Waals surface area contributed by atoms with Gasteiger partial charge < -0.3 is 4.90 Å². The minimum Gasteiger partial charge on any atom is -0.302 e. The molecule has 1 nitrogen and oxygen atoms in total. The third kappa shape index (κ3) is 4.07. The van der Waals surface area contributed by atoms with Crippen LogP contribution >= 0.6 is 0 Å². The third-order valence-corrected chi connectivity index (χ3v) is 3.44. The molecule has 1 heteroatoms. The van der Waals surface area contributed by atoms with Crippen molar-refractivity contribution in [1.29, 1.82) is 0 Å². The summed E-state index contributed by atoms with van der Waals surface area (Å²) in [5.41, 5.74) is 3.94. The lowest BCUT2D eigenvalue weighted by molar-refractivity contribution is 0.349. The molecule has 0 N–H and O–H groups in total. The van der Waals surface area contributed by atoms with Crippen molar-refractivity contribution in [2.45, 2.75) is 12.8 Å². The van der Waals surface area contributed by atoms with Crippen LogP contribution in [0.25, 0.3) is 0 Å². The van der Waals surface area contributed by atoms with Gasteiger partial charge in [0.05, 0.1) is 0 Å². The number of hydrogen-bond donors (Lipinski definition) is 0. The summed E-state index contributed by atoms with van der Waals surface area (Å²) >= 11 is 0. The number of hydrogen-bond acceptors (Lipinski definition) is 1. The molecule has 0 spiro atoms. The van der Waals surface area contributed by atoms with Crippen LogP contribution in [0, 0.1) is 0 Å². The predicted octanol–water partition coefficient (Wildman–Crippen LogP) is 4.33. The lowest BCUT2D eigenvalue weighted by Gasteiger charge is -2.25. The van der Waals surface area contributed by atoms with Gasteiger partial charge in [-0.3, -0.25) is 0 Å². The second kappa shape index (κ2) is 7.06. The van der Waals surface area contributed by atoms with Gasteiger partial charge in [0.15, 0.2) is 0 Å². The maximum atomic E-state index is 4.01. The Labute approximate surface area is 122 Å². The Bertz CT molecular complexity index is 491. The van der Waals surface area contributed by atoms with Crippen molar-refractivity contribution in [2.24, 2.45) is 0 Å². The molecule has 0 amide bonds. The number of likely N-dealkylation sites (N-methyl/N-ethyl adjacent to an activating group) is 1. The summed E-state index contributed by atoms with van der Waals surface area (Å²) < 4.78 is 0. The van der Waals surface area contributed by atoms with Crippen molar-refractivity contribution < 1.29 is 0 Å². The molecule has 0 bridgehead atoms. The highest BCUT2D eigenvalue weighted by Crippen LogP contribution is 2.25. The van der Waals surface area contributed by atoms with E-state index in [4.69, 9.17) is 0 Å². The molecule has 2 aromatic rings. The monoisotopic (exact) mass is 265 g/mol. The van der Waals surface area contributed by atoms with Crippen LogP contribution in [0.1, 0.15) is 24.0 Å². The Balaban J connectivity index is 2.24. The molecule has 20 heavy (non-hydrogen) atoms. The van der Waals surface area contributed by atoms with Crippen molar-refractivity contribution in [3.63, 3.8) is 0 Å². The van der Waals surface area contributed by atoms with Gasteiger partial charge in [-0.25, -0.2) is 0 Å². The molecule has 0 aliphatic heterocycles. The first-order chi connectivity index (χ1) is 9.66. The van der Waals surface area contributed by atoms with E-state index in [9.17, 15) is 0 Å². The van der Waals surface area contributed by atoms with Gasteiger partial charge in [0.2, 0.25) is 0 Å². The third-order valence-electron chi connectivity index (χ3n) is 3.44. The molecular formula is C19H23N. The van der Waals surface area contributed by atoms with Crippen molar-refractivity contribution in [2.75, 3.05) is 20.1 Å². The van der Waals surface area contributed by atoms with E-state index >= 15 is 0 Å². The second-order valence-corrected chi connectivity index (χ2v) is 5.53. The molecule has 0 saturated carbocycles. The van der Waals surface area contributed by atoms with Gasteiger partial charge in [-0.15, -0.1) is 0 Å². The molecule has 0 aliphatic carbocycles. The van der Waals surface area contributed by atoms with E-state index in [0.717, 1.165) is 13.1 Å². The molecule has 0 aromatic heterocycles. The van der Waals surface area contributed by atoms with E-state index in [2.05, 4.69) is 86.1 Å². The van der Waals surface area contributed by atoms with Crippen molar-refractivity contribution >= 4 is 0 Å². The summed E-state index contributed by atoms with van der Waals surface area (Å²) in [4.78, 5) is 2.34. The average molecular weight is 265 g/mol. The van der Waals surface area contributed by atoms with E-state index in [-0.39, 0.29) is 0 Å². The summed E-state index contributed by atoms with van der Waals surface area (Å²) in [5, 5.41) is 0. The molecule has 0 saturated heterocycles. The maximum absolute atomic E-state index is 4.01. The van der Waals surface area contributed by atoms with Crippen molar-refractivity contribution in [3.05, 3.63) is 83.9 Å². The summed E-state index contributed by atoms with van der Waals surface area (Å²) in [6.45, 7) is 8.03. The lowest BCUT2D eigenvalue weighted by Crippen LogP contribution is -2.26. The van der Waals surface area contributed by atoms with Crippen molar-refractivity contribution in [1.82, 2.24) is 4.90 Å². The smallest absolute Gasteiger partial charge is 0.0217 e. The van der Waals surface area contributed by atoms with Crippen molar-refractivity contribution in [3.8, 4) is 0 Å². The maximum Gasteiger partial charge on any atom is 0.0217 e.